The Balaban J connectivity index is 2.08. The lowest BCUT2D eigenvalue weighted by atomic mass is 10.1. The van der Waals surface area contributed by atoms with Crippen LogP contribution >= 0.6 is 11.8 Å². The molecule has 2 aromatic heterocycles. The predicted octanol–water partition coefficient (Wildman–Crippen LogP) is 3.51. The van der Waals surface area contributed by atoms with Gasteiger partial charge in [0.15, 0.2) is 5.16 Å². The summed E-state index contributed by atoms with van der Waals surface area (Å²) in [4.78, 5) is 34.3. The fraction of sp³-hybridized carbons (Fsp3) is 0.579. The van der Waals surface area contributed by atoms with Gasteiger partial charge in [0.25, 0.3) is 5.56 Å². The van der Waals surface area contributed by atoms with Gasteiger partial charge >= 0.3 is 5.97 Å². The normalized spacial score (nSPS) is 15.5. The molecule has 7 heteroatoms. The molecule has 6 nitrogen and oxygen atoms in total. The Hall–Kier alpha value is -1.89. The Kier molecular flexibility index (Phi) is 5.37. The molecule has 0 atom stereocenters. The van der Waals surface area contributed by atoms with Crippen LogP contribution in [0.25, 0.3) is 11.0 Å². The Morgan fingerprint density at radius 3 is 2.65 bits per heavy atom. The van der Waals surface area contributed by atoms with Crippen molar-refractivity contribution in [2.45, 2.75) is 69.7 Å². The molecule has 0 aromatic carbocycles. The van der Waals surface area contributed by atoms with Crippen LogP contribution in [0, 0.1) is 0 Å². The summed E-state index contributed by atoms with van der Waals surface area (Å²) < 4.78 is 7.17. The molecule has 1 saturated carbocycles. The fourth-order valence-electron chi connectivity index (χ4n) is 3.42. The number of aromatic nitrogens is 3. The van der Waals surface area contributed by atoms with Crippen LogP contribution in [-0.2, 0) is 16.0 Å². The van der Waals surface area contributed by atoms with Crippen molar-refractivity contribution in [1.29, 1.82) is 0 Å². The lowest BCUT2D eigenvalue weighted by Gasteiger charge is -2.20. The number of nitrogens with zero attached hydrogens (tertiary/aromatic N) is 3. The van der Waals surface area contributed by atoms with Gasteiger partial charge in [0.05, 0.1) is 6.42 Å². The zero-order valence-electron chi connectivity index (χ0n) is 15.7. The van der Waals surface area contributed by atoms with Crippen molar-refractivity contribution in [3.8, 4) is 0 Å². The minimum atomic E-state index is -0.575. The number of ether oxygens (including phenoxy) is 1. The molecule has 0 unspecified atom stereocenters. The molecule has 1 aliphatic rings. The van der Waals surface area contributed by atoms with Gasteiger partial charge < -0.3 is 4.74 Å². The van der Waals surface area contributed by atoms with Crippen LogP contribution in [0.15, 0.2) is 22.2 Å². The molecule has 26 heavy (non-hydrogen) atoms. The van der Waals surface area contributed by atoms with Gasteiger partial charge in [-0.15, -0.1) is 0 Å². The predicted molar refractivity (Wildman–Crippen MR) is 103 cm³/mol. The van der Waals surface area contributed by atoms with Crippen molar-refractivity contribution >= 4 is 28.8 Å². The van der Waals surface area contributed by atoms with Gasteiger partial charge in [-0.05, 0) is 45.9 Å². The SMILES string of the molecule is CSc1ncc2cc(CC(=O)OC(C)(C)C)c(=O)n(C3CCCC3)c2n1. The second kappa shape index (κ2) is 7.39. The number of carbonyl (C=O) groups is 1. The molecule has 0 radical (unpaired) electrons. The van der Waals surface area contributed by atoms with Crippen LogP contribution in [0.3, 0.4) is 0 Å². The largest absolute Gasteiger partial charge is 0.460 e. The molecule has 3 rings (SSSR count). The lowest BCUT2D eigenvalue weighted by Crippen LogP contribution is -2.31. The van der Waals surface area contributed by atoms with Crippen LogP contribution in [-0.4, -0.2) is 32.4 Å². The highest BCUT2D eigenvalue weighted by Crippen LogP contribution is 2.31. The van der Waals surface area contributed by atoms with Crippen LogP contribution in [0.2, 0.25) is 0 Å². The van der Waals surface area contributed by atoms with Gasteiger partial charge in [-0.1, -0.05) is 24.6 Å². The maximum absolute atomic E-state index is 13.2. The third kappa shape index (κ3) is 4.09. The average Bonchev–Trinajstić information content (AvgIpc) is 3.07. The van der Waals surface area contributed by atoms with Crippen molar-refractivity contribution < 1.29 is 9.53 Å². The standard InChI is InChI=1S/C19H25N3O3S/c1-19(2,3)25-15(23)10-12-9-13-11-20-18(26-4)21-16(13)22(17(12)24)14-7-5-6-8-14/h9,11,14H,5-8,10H2,1-4H3. The second-order valence-corrected chi connectivity index (χ2v) is 8.46. The Labute approximate surface area is 157 Å². The van der Waals surface area contributed by atoms with Gasteiger partial charge in [0.2, 0.25) is 0 Å². The van der Waals surface area contributed by atoms with E-state index in [0.29, 0.717) is 16.4 Å². The number of hydrogen-bond acceptors (Lipinski definition) is 6. The second-order valence-electron chi connectivity index (χ2n) is 7.68. The highest BCUT2D eigenvalue weighted by atomic mass is 32.2. The van der Waals surface area contributed by atoms with E-state index in [-0.39, 0.29) is 18.0 Å². The molecule has 0 saturated heterocycles. The Morgan fingerprint density at radius 2 is 2.04 bits per heavy atom. The zero-order valence-corrected chi connectivity index (χ0v) is 16.6. The number of rotatable bonds is 4. The first-order chi connectivity index (χ1) is 12.3. The van der Waals surface area contributed by atoms with E-state index in [2.05, 4.69) is 9.97 Å². The number of hydrogen-bond donors (Lipinski definition) is 0. The Bertz CT molecular complexity index is 880. The minimum Gasteiger partial charge on any atom is -0.460 e. The molecule has 0 N–H and O–H groups in total. The van der Waals surface area contributed by atoms with Gasteiger partial charge in [-0.25, -0.2) is 9.97 Å². The number of carbonyl (C=O) groups excluding carboxylic acids is 1. The van der Waals surface area contributed by atoms with Crippen molar-refractivity contribution in [1.82, 2.24) is 14.5 Å². The van der Waals surface area contributed by atoms with Gasteiger partial charge in [0, 0.05) is 23.2 Å². The van der Waals surface area contributed by atoms with E-state index in [0.717, 1.165) is 31.1 Å². The monoisotopic (exact) mass is 375 g/mol. The third-order valence-corrected chi connectivity index (χ3v) is 5.01. The van der Waals surface area contributed by atoms with E-state index in [1.54, 1.807) is 16.8 Å². The molecule has 1 fully saturated rings. The van der Waals surface area contributed by atoms with Gasteiger partial charge in [0.1, 0.15) is 11.2 Å². The lowest BCUT2D eigenvalue weighted by molar-refractivity contribution is -0.153. The first kappa shape index (κ1) is 18.9. The smallest absolute Gasteiger partial charge is 0.310 e. The molecule has 2 heterocycles. The summed E-state index contributed by atoms with van der Waals surface area (Å²) in [5.41, 5.74) is 0.392. The van der Waals surface area contributed by atoms with Gasteiger partial charge in [-0.3, -0.25) is 14.2 Å². The van der Waals surface area contributed by atoms with E-state index in [1.165, 1.54) is 11.8 Å². The minimum absolute atomic E-state index is 0.0386. The van der Waals surface area contributed by atoms with Crippen LogP contribution in [0.1, 0.15) is 58.1 Å². The van der Waals surface area contributed by atoms with Crippen LogP contribution in [0.4, 0.5) is 0 Å². The average molecular weight is 375 g/mol. The highest BCUT2D eigenvalue weighted by Gasteiger charge is 2.24. The maximum Gasteiger partial charge on any atom is 0.310 e. The summed E-state index contributed by atoms with van der Waals surface area (Å²) in [6.07, 6.45) is 7.74. The van der Waals surface area contributed by atoms with E-state index in [9.17, 15) is 9.59 Å². The summed E-state index contributed by atoms with van der Waals surface area (Å²) in [6, 6.07) is 1.87. The molecule has 0 spiro atoms. The van der Waals surface area contributed by atoms with Gasteiger partial charge in [-0.2, -0.15) is 0 Å². The van der Waals surface area contributed by atoms with Crippen LogP contribution < -0.4 is 5.56 Å². The first-order valence-electron chi connectivity index (χ1n) is 8.95. The van der Waals surface area contributed by atoms with Crippen molar-refractivity contribution in [3.63, 3.8) is 0 Å². The summed E-state index contributed by atoms with van der Waals surface area (Å²) in [7, 11) is 0. The molecule has 0 amide bonds. The molecule has 140 valence electrons. The Morgan fingerprint density at radius 1 is 1.35 bits per heavy atom. The molecule has 2 aromatic rings. The molecular weight excluding hydrogens is 350 g/mol. The third-order valence-electron chi connectivity index (χ3n) is 4.45. The fourth-order valence-corrected chi connectivity index (χ4v) is 3.76. The number of esters is 1. The zero-order chi connectivity index (χ0) is 18.9. The quantitative estimate of drug-likeness (QED) is 0.462. The summed E-state index contributed by atoms with van der Waals surface area (Å²) >= 11 is 1.45. The van der Waals surface area contributed by atoms with E-state index < -0.39 is 11.6 Å². The molecule has 0 aliphatic heterocycles. The van der Waals surface area contributed by atoms with Crippen molar-refractivity contribution in [2.24, 2.45) is 0 Å². The number of pyridine rings is 1. The molecular formula is C19H25N3O3S. The summed E-state index contributed by atoms with van der Waals surface area (Å²) in [6.45, 7) is 5.46. The topological polar surface area (TPSA) is 74.1 Å². The van der Waals surface area contributed by atoms with Crippen molar-refractivity contribution in [3.05, 3.63) is 28.2 Å². The van der Waals surface area contributed by atoms with E-state index in [1.807, 2.05) is 27.0 Å². The van der Waals surface area contributed by atoms with Crippen LogP contribution in [0.5, 0.6) is 0 Å². The number of thioether (sulfide) groups is 1. The van der Waals surface area contributed by atoms with E-state index >= 15 is 0 Å². The van der Waals surface area contributed by atoms with E-state index in [4.69, 9.17) is 4.74 Å². The highest BCUT2D eigenvalue weighted by molar-refractivity contribution is 7.98. The summed E-state index contributed by atoms with van der Waals surface area (Å²) in [5.74, 6) is -0.395. The number of fused-ring (bicyclic) bond motifs is 1. The first-order valence-corrected chi connectivity index (χ1v) is 10.2. The molecule has 0 bridgehead atoms. The van der Waals surface area contributed by atoms with Crippen molar-refractivity contribution in [2.75, 3.05) is 6.26 Å². The molecule has 1 aliphatic carbocycles. The maximum atomic E-state index is 13.2. The summed E-state index contributed by atoms with van der Waals surface area (Å²) in [5, 5.41) is 1.43.